The molecule has 0 aliphatic heterocycles. The molecule has 0 heterocycles. The number of hydrogen-bond acceptors (Lipinski definition) is 2. The summed E-state index contributed by atoms with van der Waals surface area (Å²) in [5.74, 6) is 0. The molecule has 12 heavy (non-hydrogen) atoms. The Balaban J connectivity index is 2.40. The third kappa shape index (κ3) is 2.46. The third-order valence-corrected chi connectivity index (χ3v) is 2.72. The van der Waals surface area contributed by atoms with Crippen molar-refractivity contribution in [3.63, 3.8) is 0 Å². The van der Waals surface area contributed by atoms with Gasteiger partial charge < -0.3 is 5.11 Å². The van der Waals surface area contributed by atoms with Gasteiger partial charge in [0.15, 0.2) is 0 Å². The molecule has 0 bridgehead atoms. The van der Waals surface area contributed by atoms with Gasteiger partial charge in [-0.2, -0.15) is 0 Å². The first-order valence-corrected chi connectivity index (χ1v) is 5.10. The normalized spacial score (nSPS) is 22.8. The minimum Gasteiger partial charge on any atom is -0.392 e. The van der Waals surface area contributed by atoms with Gasteiger partial charge in [0.25, 0.3) is 0 Å². The van der Waals surface area contributed by atoms with Crippen LogP contribution in [0.5, 0.6) is 0 Å². The summed E-state index contributed by atoms with van der Waals surface area (Å²) in [6.07, 6.45) is 3.65. The first kappa shape index (κ1) is 10.0. The van der Waals surface area contributed by atoms with Crippen molar-refractivity contribution < 1.29 is 5.11 Å². The van der Waals surface area contributed by atoms with Crippen LogP contribution in [0.3, 0.4) is 0 Å². The lowest BCUT2D eigenvalue weighted by Gasteiger charge is -2.30. The van der Waals surface area contributed by atoms with Crippen LogP contribution in [0, 0.1) is 0 Å². The molecule has 0 aromatic carbocycles. The van der Waals surface area contributed by atoms with Crippen LogP contribution in [-0.2, 0) is 0 Å². The summed E-state index contributed by atoms with van der Waals surface area (Å²) in [5.41, 5.74) is 0. The molecule has 1 saturated carbocycles. The number of rotatable bonds is 5. The van der Waals surface area contributed by atoms with Crippen LogP contribution in [0.1, 0.15) is 40.0 Å². The van der Waals surface area contributed by atoms with Crippen molar-refractivity contribution in [3.8, 4) is 0 Å². The minimum atomic E-state index is -0.197. The zero-order chi connectivity index (χ0) is 9.14. The van der Waals surface area contributed by atoms with Gasteiger partial charge >= 0.3 is 0 Å². The van der Waals surface area contributed by atoms with Crippen molar-refractivity contribution in [2.45, 2.75) is 58.2 Å². The van der Waals surface area contributed by atoms with Gasteiger partial charge in [0.1, 0.15) is 0 Å². The number of hydrogen-bond donors (Lipinski definition) is 1. The lowest BCUT2D eigenvalue weighted by Crippen LogP contribution is -2.42. The van der Waals surface area contributed by atoms with E-state index in [0.29, 0.717) is 6.04 Å². The summed E-state index contributed by atoms with van der Waals surface area (Å²) in [5, 5.41) is 9.45. The van der Waals surface area contributed by atoms with E-state index in [2.05, 4.69) is 18.7 Å². The summed E-state index contributed by atoms with van der Waals surface area (Å²) < 4.78 is 0. The predicted molar refractivity (Wildman–Crippen MR) is 51.2 cm³/mol. The van der Waals surface area contributed by atoms with E-state index in [1.807, 2.05) is 6.92 Å². The van der Waals surface area contributed by atoms with Gasteiger partial charge in [0, 0.05) is 12.1 Å². The van der Waals surface area contributed by atoms with E-state index in [9.17, 15) is 5.11 Å². The van der Waals surface area contributed by atoms with Crippen molar-refractivity contribution in [2.24, 2.45) is 0 Å². The lowest BCUT2D eigenvalue weighted by atomic mass is 10.1. The summed E-state index contributed by atoms with van der Waals surface area (Å²) >= 11 is 0. The quantitative estimate of drug-likeness (QED) is 0.679. The molecule has 72 valence electrons. The Bertz CT molecular complexity index is 132. The summed E-state index contributed by atoms with van der Waals surface area (Å²) in [4.78, 5) is 2.45. The number of aliphatic hydroxyl groups is 1. The lowest BCUT2D eigenvalue weighted by molar-refractivity contribution is 0.0656. The Hall–Kier alpha value is -0.0800. The van der Waals surface area contributed by atoms with Gasteiger partial charge in [-0.3, -0.25) is 4.90 Å². The maximum Gasteiger partial charge on any atom is 0.0664 e. The van der Waals surface area contributed by atoms with Gasteiger partial charge in [-0.1, -0.05) is 6.92 Å². The molecule has 0 aromatic rings. The molecular formula is C10H21NO. The van der Waals surface area contributed by atoms with Crippen LogP contribution in [-0.4, -0.2) is 34.7 Å². The zero-order valence-corrected chi connectivity index (χ0v) is 8.45. The molecular weight excluding hydrogens is 150 g/mol. The first-order valence-electron chi connectivity index (χ1n) is 5.10. The first-order chi connectivity index (χ1) is 5.66. The fraction of sp³-hybridized carbons (Fsp3) is 1.00. The van der Waals surface area contributed by atoms with Gasteiger partial charge in [0.05, 0.1) is 6.10 Å². The van der Waals surface area contributed by atoms with E-state index < -0.39 is 0 Å². The molecule has 0 saturated heterocycles. The molecule has 1 aliphatic carbocycles. The van der Waals surface area contributed by atoms with E-state index in [-0.39, 0.29) is 6.10 Å². The second-order valence-electron chi connectivity index (χ2n) is 3.95. The maximum absolute atomic E-state index is 9.45. The fourth-order valence-electron chi connectivity index (χ4n) is 1.66. The summed E-state index contributed by atoms with van der Waals surface area (Å²) in [7, 11) is 0. The highest BCUT2D eigenvalue weighted by Crippen LogP contribution is 2.29. The minimum absolute atomic E-state index is 0.197. The van der Waals surface area contributed by atoms with Crippen LogP contribution >= 0.6 is 0 Å². The van der Waals surface area contributed by atoms with E-state index in [4.69, 9.17) is 0 Å². The third-order valence-electron chi connectivity index (χ3n) is 2.72. The maximum atomic E-state index is 9.45. The van der Waals surface area contributed by atoms with Crippen molar-refractivity contribution >= 4 is 0 Å². The number of aliphatic hydroxyl groups excluding tert-OH is 1. The standard InChI is InChI=1S/C10H21NO/c1-4-7-11(10-5-6-10)8(2)9(3)12/h8-10,12H,4-7H2,1-3H3. The Kier molecular flexibility index (Phi) is 3.53. The van der Waals surface area contributed by atoms with E-state index >= 15 is 0 Å². The fourth-order valence-corrected chi connectivity index (χ4v) is 1.66. The molecule has 2 unspecified atom stereocenters. The van der Waals surface area contributed by atoms with E-state index in [0.717, 1.165) is 12.6 Å². The summed E-state index contributed by atoms with van der Waals surface area (Å²) in [6, 6.07) is 1.10. The van der Waals surface area contributed by atoms with Crippen LogP contribution in [0.4, 0.5) is 0 Å². The second kappa shape index (κ2) is 4.24. The van der Waals surface area contributed by atoms with E-state index in [1.54, 1.807) is 0 Å². The van der Waals surface area contributed by atoms with E-state index in [1.165, 1.54) is 19.3 Å². The van der Waals surface area contributed by atoms with Crippen molar-refractivity contribution in [2.75, 3.05) is 6.54 Å². The molecule has 1 rings (SSSR count). The van der Waals surface area contributed by atoms with Crippen LogP contribution in [0.25, 0.3) is 0 Å². The molecule has 1 N–H and O–H groups in total. The largest absolute Gasteiger partial charge is 0.392 e. The van der Waals surface area contributed by atoms with Gasteiger partial charge in [-0.05, 0) is 39.7 Å². The highest BCUT2D eigenvalue weighted by Gasteiger charge is 2.32. The Morgan fingerprint density at radius 1 is 1.42 bits per heavy atom. The summed E-state index contributed by atoms with van der Waals surface area (Å²) in [6.45, 7) is 7.34. The van der Waals surface area contributed by atoms with Crippen molar-refractivity contribution in [1.29, 1.82) is 0 Å². The Morgan fingerprint density at radius 2 is 2.00 bits per heavy atom. The van der Waals surface area contributed by atoms with Crippen molar-refractivity contribution in [3.05, 3.63) is 0 Å². The molecule has 0 spiro atoms. The van der Waals surface area contributed by atoms with Gasteiger partial charge in [-0.25, -0.2) is 0 Å². The predicted octanol–water partition coefficient (Wildman–Crippen LogP) is 1.63. The smallest absolute Gasteiger partial charge is 0.0664 e. The number of nitrogens with zero attached hydrogens (tertiary/aromatic N) is 1. The highest BCUT2D eigenvalue weighted by molar-refractivity contribution is 4.88. The van der Waals surface area contributed by atoms with Gasteiger partial charge in [-0.15, -0.1) is 0 Å². The zero-order valence-electron chi connectivity index (χ0n) is 8.45. The molecule has 0 aromatic heterocycles. The molecule has 0 radical (unpaired) electrons. The topological polar surface area (TPSA) is 23.5 Å². The monoisotopic (exact) mass is 171 g/mol. The molecule has 2 heteroatoms. The van der Waals surface area contributed by atoms with Crippen LogP contribution < -0.4 is 0 Å². The van der Waals surface area contributed by atoms with Gasteiger partial charge in [0.2, 0.25) is 0 Å². The highest BCUT2D eigenvalue weighted by atomic mass is 16.3. The second-order valence-corrected chi connectivity index (χ2v) is 3.95. The SMILES string of the molecule is CCCN(C1CC1)C(C)C(C)O. The molecule has 2 atom stereocenters. The Morgan fingerprint density at radius 3 is 2.33 bits per heavy atom. The Labute approximate surface area is 75.6 Å². The van der Waals surface area contributed by atoms with Crippen LogP contribution in [0.15, 0.2) is 0 Å². The molecule has 2 nitrogen and oxygen atoms in total. The average molecular weight is 171 g/mol. The molecule has 0 amide bonds. The van der Waals surface area contributed by atoms with Crippen LogP contribution in [0.2, 0.25) is 0 Å². The molecule has 1 aliphatic rings. The van der Waals surface area contributed by atoms with Crippen molar-refractivity contribution in [1.82, 2.24) is 4.90 Å². The molecule has 1 fully saturated rings. The average Bonchev–Trinajstić information content (AvgIpc) is 2.81.